The van der Waals surface area contributed by atoms with Crippen LogP contribution in [0, 0.1) is 17.8 Å². The molecule has 1 unspecified atom stereocenters. The predicted octanol–water partition coefficient (Wildman–Crippen LogP) is 3.34. The van der Waals surface area contributed by atoms with Gasteiger partial charge in [0, 0.05) is 45.4 Å². The number of nitrogens with one attached hydrogen (secondary N) is 2. The zero-order valence-corrected chi connectivity index (χ0v) is 33.5. The standard InChI is InChI=1S/C38H65ClN6O6/c1-12-24(4)34(44(9)38(49)32(26(6)40)42-37(48)33(23(2)3)43(7)8)30(50-10)22-31(46)45-21-13-14-29(45)35(51-11)25(5)36(47)41-20-19-27-15-17-28(39)18-16-27/h15-18,23-26,29-30,32-35H,12-14,19-22,40H2,1-11H3,(H,41,47)(H,42,48)/t24-,25+,26-,29-,30+,32-,33?,34-,35+/m0/s1. The average molecular weight is 737 g/mol. The van der Waals surface area contributed by atoms with Crippen LogP contribution >= 0.6 is 11.6 Å². The summed E-state index contributed by atoms with van der Waals surface area (Å²) in [5.74, 6) is -1.39. The molecule has 0 aliphatic carbocycles. The van der Waals surface area contributed by atoms with Gasteiger partial charge in [-0.1, -0.05) is 64.8 Å². The fourth-order valence-electron chi connectivity index (χ4n) is 7.46. The molecule has 2 rings (SSSR count). The zero-order chi connectivity index (χ0) is 38.6. The number of nitrogens with zero attached hydrogens (tertiary/aromatic N) is 3. The molecule has 1 saturated heterocycles. The number of rotatable bonds is 20. The van der Waals surface area contributed by atoms with E-state index < -0.39 is 42.3 Å². The van der Waals surface area contributed by atoms with E-state index in [1.807, 2.05) is 82.8 Å². The van der Waals surface area contributed by atoms with E-state index in [2.05, 4.69) is 10.6 Å². The van der Waals surface area contributed by atoms with Crippen molar-refractivity contribution in [2.75, 3.05) is 48.5 Å². The number of carbonyl (C=O) groups is 4. The number of likely N-dealkylation sites (tertiary alicyclic amines) is 1. The van der Waals surface area contributed by atoms with Crippen molar-refractivity contribution < 1.29 is 28.7 Å². The van der Waals surface area contributed by atoms with Gasteiger partial charge in [0.2, 0.25) is 23.6 Å². The summed E-state index contributed by atoms with van der Waals surface area (Å²) in [4.78, 5) is 60.0. The minimum absolute atomic E-state index is 0.0166. The molecule has 13 heteroatoms. The maximum atomic E-state index is 14.1. The molecule has 1 fully saturated rings. The molecule has 0 spiro atoms. The number of halogens is 1. The Morgan fingerprint density at radius 1 is 1.00 bits per heavy atom. The Morgan fingerprint density at radius 3 is 2.14 bits per heavy atom. The normalized spacial score (nSPS) is 19.5. The summed E-state index contributed by atoms with van der Waals surface area (Å²) in [7, 11) is 8.48. The van der Waals surface area contributed by atoms with E-state index in [1.54, 1.807) is 33.1 Å². The predicted molar refractivity (Wildman–Crippen MR) is 202 cm³/mol. The second kappa shape index (κ2) is 21.1. The number of likely N-dealkylation sites (N-methyl/N-ethyl adjacent to an activating group) is 2. The molecule has 1 aliphatic rings. The van der Waals surface area contributed by atoms with Gasteiger partial charge in [0.1, 0.15) is 6.04 Å². The molecule has 4 N–H and O–H groups in total. The van der Waals surface area contributed by atoms with Crippen molar-refractivity contribution >= 4 is 35.2 Å². The Labute approximate surface area is 311 Å². The number of carbonyl (C=O) groups excluding carboxylic acids is 4. The highest BCUT2D eigenvalue weighted by Gasteiger charge is 2.43. The van der Waals surface area contributed by atoms with E-state index in [-0.39, 0.29) is 47.9 Å². The third-order valence-corrected chi connectivity index (χ3v) is 10.7. The Bertz CT molecular complexity index is 1260. The highest BCUT2D eigenvalue weighted by Crippen LogP contribution is 2.29. The van der Waals surface area contributed by atoms with Crippen molar-refractivity contribution in [2.45, 2.75) is 116 Å². The molecule has 1 heterocycles. The van der Waals surface area contributed by atoms with Crippen molar-refractivity contribution in [3.8, 4) is 0 Å². The molecule has 0 radical (unpaired) electrons. The van der Waals surface area contributed by atoms with Crippen LogP contribution in [0.1, 0.15) is 72.8 Å². The van der Waals surface area contributed by atoms with Gasteiger partial charge in [0.05, 0.1) is 42.7 Å². The third-order valence-electron chi connectivity index (χ3n) is 10.4. The number of hydrogen-bond donors (Lipinski definition) is 3. The van der Waals surface area contributed by atoms with E-state index in [0.717, 1.165) is 18.4 Å². The first-order valence-electron chi connectivity index (χ1n) is 18.4. The number of amides is 4. The van der Waals surface area contributed by atoms with E-state index in [0.29, 0.717) is 31.0 Å². The van der Waals surface area contributed by atoms with Crippen LogP contribution in [0.15, 0.2) is 24.3 Å². The minimum Gasteiger partial charge on any atom is -0.379 e. The molecule has 0 saturated carbocycles. The first-order chi connectivity index (χ1) is 24.0. The highest BCUT2D eigenvalue weighted by molar-refractivity contribution is 6.30. The van der Waals surface area contributed by atoms with Crippen LogP contribution in [0.4, 0.5) is 0 Å². The molecular weight excluding hydrogens is 672 g/mol. The maximum Gasteiger partial charge on any atom is 0.246 e. The fraction of sp³-hybridized carbons (Fsp3) is 0.737. The van der Waals surface area contributed by atoms with E-state index in [4.69, 9.17) is 26.8 Å². The SMILES string of the molecule is CC[C@H](C)[C@@H]([C@@H](CC(=O)N1CCC[C@H]1[C@H](OC)[C@@H](C)C(=O)NCCc1ccc(Cl)cc1)OC)N(C)C(=O)[C@@H](NC(=O)C(C(C)C)N(C)C)[C@H](C)N. The highest BCUT2D eigenvalue weighted by atomic mass is 35.5. The molecule has 0 bridgehead atoms. The van der Waals surface area contributed by atoms with E-state index in [9.17, 15) is 19.2 Å². The number of benzene rings is 1. The van der Waals surface area contributed by atoms with Gasteiger partial charge in [-0.2, -0.15) is 0 Å². The summed E-state index contributed by atoms with van der Waals surface area (Å²) < 4.78 is 11.9. The van der Waals surface area contributed by atoms with E-state index >= 15 is 0 Å². The largest absolute Gasteiger partial charge is 0.379 e. The molecule has 1 aliphatic heterocycles. The topological polar surface area (TPSA) is 147 Å². The van der Waals surface area contributed by atoms with E-state index in [1.165, 1.54) is 0 Å². The summed E-state index contributed by atoms with van der Waals surface area (Å²) in [6.07, 6.45) is 1.78. The van der Waals surface area contributed by atoms with Gasteiger partial charge in [-0.15, -0.1) is 0 Å². The quantitative estimate of drug-likeness (QED) is 0.185. The van der Waals surface area contributed by atoms with Crippen LogP contribution in [0.25, 0.3) is 0 Å². The Hall–Kier alpha value is -2.77. The van der Waals surface area contributed by atoms with Crippen LogP contribution in [-0.4, -0.2) is 129 Å². The lowest BCUT2D eigenvalue weighted by Gasteiger charge is -2.41. The molecule has 12 nitrogen and oxygen atoms in total. The number of nitrogens with two attached hydrogens (primary N) is 1. The van der Waals surface area contributed by atoms with Gasteiger partial charge in [0.25, 0.3) is 0 Å². The van der Waals surface area contributed by atoms with Crippen LogP contribution < -0.4 is 16.4 Å². The van der Waals surface area contributed by atoms with Gasteiger partial charge in [-0.25, -0.2) is 0 Å². The first kappa shape index (κ1) is 44.4. The first-order valence-corrected chi connectivity index (χ1v) is 18.7. The molecular formula is C38H65ClN6O6. The Morgan fingerprint density at radius 2 is 1.63 bits per heavy atom. The smallest absolute Gasteiger partial charge is 0.246 e. The van der Waals surface area contributed by atoms with Crippen LogP contribution in [0.2, 0.25) is 5.02 Å². The minimum atomic E-state index is -0.965. The molecule has 0 aromatic heterocycles. The fourth-order valence-corrected chi connectivity index (χ4v) is 7.58. The van der Waals surface area contributed by atoms with Gasteiger partial charge >= 0.3 is 0 Å². The molecule has 290 valence electrons. The maximum absolute atomic E-state index is 14.1. The molecule has 4 amide bonds. The van der Waals surface area contributed by atoms with Crippen molar-refractivity contribution in [3.05, 3.63) is 34.9 Å². The van der Waals surface area contributed by atoms with Crippen molar-refractivity contribution in [3.63, 3.8) is 0 Å². The number of methoxy groups -OCH3 is 2. The summed E-state index contributed by atoms with van der Waals surface area (Å²) >= 11 is 5.99. The lowest BCUT2D eigenvalue weighted by Crippen LogP contribution is -2.62. The van der Waals surface area contributed by atoms with Gasteiger partial charge in [-0.05, 0) is 69.8 Å². The Balaban J connectivity index is 2.21. The monoisotopic (exact) mass is 736 g/mol. The van der Waals surface area contributed by atoms with Crippen LogP contribution in [-0.2, 0) is 35.1 Å². The summed E-state index contributed by atoms with van der Waals surface area (Å²) in [6, 6.07) is 4.70. The average Bonchev–Trinajstić information content (AvgIpc) is 3.56. The Kier molecular flexibility index (Phi) is 18.3. The van der Waals surface area contributed by atoms with Gasteiger partial charge < -0.3 is 35.6 Å². The zero-order valence-electron chi connectivity index (χ0n) is 32.8. The summed E-state index contributed by atoms with van der Waals surface area (Å²) in [5, 5.41) is 6.60. The molecule has 51 heavy (non-hydrogen) atoms. The second-order valence-corrected chi connectivity index (χ2v) is 15.2. The lowest BCUT2D eigenvalue weighted by molar-refractivity contribution is -0.147. The summed E-state index contributed by atoms with van der Waals surface area (Å²) in [6.45, 7) is 12.5. The second-order valence-electron chi connectivity index (χ2n) is 14.8. The number of ether oxygens (including phenoxy) is 2. The van der Waals surface area contributed by atoms with Crippen molar-refractivity contribution in [1.29, 1.82) is 0 Å². The third kappa shape index (κ3) is 12.1. The number of hydrogen-bond acceptors (Lipinski definition) is 8. The molecule has 1 aromatic rings. The van der Waals surface area contributed by atoms with Crippen LogP contribution in [0.3, 0.4) is 0 Å². The van der Waals surface area contributed by atoms with Crippen molar-refractivity contribution in [1.82, 2.24) is 25.3 Å². The van der Waals surface area contributed by atoms with Crippen LogP contribution in [0.5, 0.6) is 0 Å². The molecule has 1 aromatic carbocycles. The van der Waals surface area contributed by atoms with Gasteiger partial charge in [-0.3, -0.25) is 24.1 Å². The molecule has 9 atom stereocenters. The summed E-state index contributed by atoms with van der Waals surface area (Å²) in [5.41, 5.74) is 7.38. The van der Waals surface area contributed by atoms with Crippen molar-refractivity contribution in [2.24, 2.45) is 23.5 Å². The lowest BCUT2D eigenvalue weighted by atomic mass is 9.89. The van der Waals surface area contributed by atoms with Gasteiger partial charge in [0.15, 0.2) is 0 Å².